The molecule has 0 unspecified atom stereocenters. The lowest BCUT2D eigenvalue weighted by atomic mass is 10.1. The second-order valence-electron chi connectivity index (χ2n) is 5.80. The van der Waals surface area contributed by atoms with Crippen molar-refractivity contribution in [3.05, 3.63) is 64.9 Å². The van der Waals surface area contributed by atoms with Crippen LogP contribution in [-0.2, 0) is 19.5 Å². The zero-order valence-corrected chi connectivity index (χ0v) is 13.1. The highest BCUT2D eigenvalue weighted by Gasteiger charge is 2.20. The van der Waals surface area contributed by atoms with Crippen LogP contribution in [0, 0.1) is 0 Å². The van der Waals surface area contributed by atoms with Gasteiger partial charge in [-0.2, -0.15) is 0 Å². The number of benzene rings is 2. The summed E-state index contributed by atoms with van der Waals surface area (Å²) in [6.07, 6.45) is 1.09. The number of aromatic nitrogens is 2. The molecule has 0 saturated carbocycles. The van der Waals surface area contributed by atoms with E-state index in [4.69, 9.17) is 16.6 Å². The monoisotopic (exact) mass is 311 g/mol. The van der Waals surface area contributed by atoms with Crippen molar-refractivity contribution in [1.29, 1.82) is 0 Å². The Morgan fingerprint density at radius 1 is 1.00 bits per heavy atom. The largest absolute Gasteiger partial charge is 0.324 e. The van der Waals surface area contributed by atoms with Crippen molar-refractivity contribution in [1.82, 2.24) is 14.5 Å². The molecule has 0 aliphatic carbocycles. The van der Waals surface area contributed by atoms with Gasteiger partial charge in [-0.05, 0) is 24.1 Å². The highest BCUT2D eigenvalue weighted by atomic mass is 35.5. The SMILES string of the molecule is Clc1cccc2nc3n(c12)CCN(CCc1ccccc1)C3. The van der Waals surface area contributed by atoms with Crippen LogP contribution >= 0.6 is 11.6 Å². The number of nitrogens with zero attached hydrogens (tertiary/aromatic N) is 3. The van der Waals surface area contributed by atoms with E-state index < -0.39 is 0 Å². The zero-order valence-electron chi connectivity index (χ0n) is 12.4. The van der Waals surface area contributed by atoms with E-state index >= 15 is 0 Å². The summed E-state index contributed by atoms with van der Waals surface area (Å²) >= 11 is 6.34. The van der Waals surface area contributed by atoms with Gasteiger partial charge in [0.15, 0.2) is 0 Å². The smallest absolute Gasteiger partial charge is 0.124 e. The van der Waals surface area contributed by atoms with Gasteiger partial charge in [0.25, 0.3) is 0 Å². The van der Waals surface area contributed by atoms with E-state index in [1.807, 2.05) is 18.2 Å². The molecule has 1 aliphatic heterocycles. The Balaban J connectivity index is 1.52. The normalized spacial score (nSPS) is 15.1. The molecule has 0 spiro atoms. The van der Waals surface area contributed by atoms with Gasteiger partial charge in [-0.1, -0.05) is 48.0 Å². The summed E-state index contributed by atoms with van der Waals surface area (Å²) in [5.41, 5.74) is 3.49. The summed E-state index contributed by atoms with van der Waals surface area (Å²) in [6, 6.07) is 16.6. The van der Waals surface area contributed by atoms with Crippen molar-refractivity contribution in [2.24, 2.45) is 0 Å². The number of fused-ring (bicyclic) bond motifs is 3. The minimum absolute atomic E-state index is 0.800. The summed E-state index contributed by atoms with van der Waals surface area (Å²) in [5.74, 6) is 1.13. The Bertz CT molecular complexity index is 795. The maximum Gasteiger partial charge on any atom is 0.124 e. The first-order chi connectivity index (χ1) is 10.8. The Morgan fingerprint density at radius 2 is 1.86 bits per heavy atom. The summed E-state index contributed by atoms with van der Waals surface area (Å²) in [4.78, 5) is 7.23. The van der Waals surface area contributed by atoms with Crippen LogP contribution in [0.15, 0.2) is 48.5 Å². The van der Waals surface area contributed by atoms with Crippen LogP contribution in [0.4, 0.5) is 0 Å². The third-order valence-electron chi connectivity index (χ3n) is 4.36. The number of rotatable bonds is 3. The van der Waals surface area contributed by atoms with Gasteiger partial charge >= 0.3 is 0 Å². The summed E-state index contributed by atoms with van der Waals surface area (Å²) in [5, 5.41) is 0.800. The standard InChI is InChI=1S/C18H18ClN3/c19-15-7-4-8-16-18(15)22-12-11-21(13-17(22)20-16)10-9-14-5-2-1-3-6-14/h1-8H,9-13H2. The van der Waals surface area contributed by atoms with Gasteiger partial charge in [0.1, 0.15) is 5.82 Å². The molecule has 0 radical (unpaired) electrons. The van der Waals surface area contributed by atoms with Crippen LogP contribution in [0.1, 0.15) is 11.4 Å². The lowest BCUT2D eigenvalue weighted by Crippen LogP contribution is -2.35. The maximum atomic E-state index is 6.34. The lowest BCUT2D eigenvalue weighted by molar-refractivity contribution is 0.222. The highest BCUT2D eigenvalue weighted by molar-refractivity contribution is 6.35. The number of imidazole rings is 1. The van der Waals surface area contributed by atoms with Gasteiger partial charge in [-0.25, -0.2) is 4.98 Å². The van der Waals surface area contributed by atoms with E-state index in [1.54, 1.807) is 0 Å². The molecular weight excluding hydrogens is 294 g/mol. The van der Waals surface area contributed by atoms with E-state index in [9.17, 15) is 0 Å². The van der Waals surface area contributed by atoms with E-state index in [0.717, 1.165) is 54.5 Å². The Morgan fingerprint density at radius 3 is 2.73 bits per heavy atom. The molecule has 1 aromatic heterocycles. The fraction of sp³-hybridized carbons (Fsp3) is 0.278. The van der Waals surface area contributed by atoms with Gasteiger partial charge in [0.2, 0.25) is 0 Å². The molecule has 0 amide bonds. The molecule has 3 aromatic rings. The Hall–Kier alpha value is -1.84. The predicted octanol–water partition coefficient (Wildman–Crippen LogP) is 3.75. The molecule has 2 heterocycles. The van der Waals surface area contributed by atoms with Crippen LogP contribution in [0.25, 0.3) is 11.0 Å². The molecule has 4 heteroatoms. The number of hydrogen-bond acceptors (Lipinski definition) is 2. The zero-order chi connectivity index (χ0) is 14.9. The van der Waals surface area contributed by atoms with E-state index in [1.165, 1.54) is 5.56 Å². The first-order valence-corrected chi connectivity index (χ1v) is 8.09. The minimum Gasteiger partial charge on any atom is -0.324 e. The van der Waals surface area contributed by atoms with Crippen molar-refractivity contribution in [3.8, 4) is 0 Å². The van der Waals surface area contributed by atoms with Crippen LogP contribution in [0.2, 0.25) is 5.02 Å². The summed E-state index contributed by atoms with van der Waals surface area (Å²) in [7, 11) is 0. The van der Waals surface area contributed by atoms with Crippen LogP contribution < -0.4 is 0 Å². The van der Waals surface area contributed by atoms with E-state index in [-0.39, 0.29) is 0 Å². The van der Waals surface area contributed by atoms with Crippen LogP contribution in [0.3, 0.4) is 0 Å². The van der Waals surface area contributed by atoms with E-state index in [2.05, 4.69) is 39.8 Å². The molecule has 2 aromatic carbocycles. The van der Waals surface area contributed by atoms with Crippen molar-refractivity contribution in [2.75, 3.05) is 13.1 Å². The summed E-state index contributed by atoms with van der Waals surface area (Å²) < 4.78 is 2.27. The fourth-order valence-corrected chi connectivity index (χ4v) is 3.47. The number of hydrogen-bond donors (Lipinski definition) is 0. The number of halogens is 1. The highest BCUT2D eigenvalue weighted by Crippen LogP contribution is 2.27. The Kier molecular flexibility index (Phi) is 3.60. The molecule has 0 atom stereocenters. The van der Waals surface area contributed by atoms with Gasteiger partial charge in [-0.3, -0.25) is 4.90 Å². The second kappa shape index (κ2) is 5.75. The molecule has 4 rings (SSSR count). The molecule has 22 heavy (non-hydrogen) atoms. The Labute approximate surface area is 135 Å². The second-order valence-corrected chi connectivity index (χ2v) is 6.21. The molecule has 0 bridgehead atoms. The van der Waals surface area contributed by atoms with Crippen LogP contribution in [-0.4, -0.2) is 27.5 Å². The first-order valence-electron chi connectivity index (χ1n) is 7.71. The third kappa shape index (κ3) is 2.51. The van der Waals surface area contributed by atoms with E-state index in [0.29, 0.717) is 0 Å². The maximum absolute atomic E-state index is 6.34. The molecule has 0 N–H and O–H groups in total. The fourth-order valence-electron chi connectivity index (χ4n) is 3.19. The van der Waals surface area contributed by atoms with Crippen molar-refractivity contribution in [3.63, 3.8) is 0 Å². The number of para-hydroxylation sites is 1. The molecule has 0 fully saturated rings. The third-order valence-corrected chi connectivity index (χ3v) is 4.67. The molecule has 112 valence electrons. The quantitative estimate of drug-likeness (QED) is 0.734. The van der Waals surface area contributed by atoms with Crippen molar-refractivity contribution < 1.29 is 0 Å². The average Bonchev–Trinajstić information content (AvgIpc) is 2.93. The molecular formula is C18H18ClN3. The van der Waals surface area contributed by atoms with Crippen molar-refractivity contribution in [2.45, 2.75) is 19.5 Å². The first kappa shape index (κ1) is 13.8. The molecule has 1 aliphatic rings. The van der Waals surface area contributed by atoms with Gasteiger partial charge in [0.05, 0.1) is 22.6 Å². The minimum atomic E-state index is 0.800. The van der Waals surface area contributed by atoms with Crippen molar-refractivity contribution >= 4 is 22.6 Å². The topological polar surface area (TPSA) is 21.1 Å². The van der Waals surface area contributed by atoms with Crippen LogP contribution in [0.5, 0.6) is 0 Å². The lowest BCUT2D eigenvalue weighted by Gasteiger charge is -2.27. The predicted molar refractivity (Wildman–Crippen MR) is 90.2 cm³/mol. The average molecular weight is 312 g/mol. The van der Waals surface area contributed by atoms with Gasteiger partial charge in [0, 0.05) is 19.6 Å². The molecule has 3 nitrogen and oxygen atoms in total. The van der Waals surface area contributed by atoms with Gasteiger partial charge < -0.3 is 4.57 Å². The summed E-state index contributed by atoms with van der Waals surface area (Å²) in [6.45, 7) is 3.99. The van der Waals surface area contributed by atoms with Gasteiger partial charge in [-0.15, -0.1) is 0 Å². The molecule has 0 saturated heterocycles.